The van der Waals surface area contributed by atoms with Crippen molar-refractivity contribution in [2.75, 3.05) is 6.61 Å². The van der Waals surface area contributed by atoms with Gasteiger partial charge in [0, 0.05) is 6.61 Å². The largest absolute Gasteiger partial charge is 2.00 e. The quantitative estimate of drug-likeness (QED) is 0.315. The predicted octanol–water partition coefficient (Wildman–Crippen LogP) is 3.06. The normalized spacial score (nSPS) is 10.4. The Morgan fingerprint density at radius 2 is 1.42 bits per heavy atom. The molecule has 19 heavy (non-hydrogen) atoms. The van der Waals surface area contributed by atoms with E-state index in [1.807, 2.05) is 0 Å². The molecule has 3 nitrogen and oxygen atoms in total. The van der Waals surface area contributed by atoms with Crippen LogP contribution in [0.3, 0.4) is 0 Å². The van der Waals surface area contributed by atoms with Crippen LogP contribution in [0.1, 0.15) is 65.2 Å². The van der Waals surface area contributed by atoms with Crippen molar-refractivity contribution < 1.29 is 52.1 Å². The maximum absolute atomic E-state index is 10.4. The number of hydrogen-bond acceptors (Lipinski definition) is 4. The maximum Gasteiger partial charge on any atom is 2.00 e. The zero-order valence-electron chi connectivity index (χ0n) is 12.6. The fourth-order valence-electron chi connectivity index (χ4n) is 1.31. The minimum Gasteiger partial charge on any atom is 2.00 e. The summed E-state index contributed by atoms with van der Waals surface area (Å²) in [6, 6.07) is 0. The van der Waals surface area contributed by atoms with E-state index in [0.29, 0.717) is 0 Å². The Hall–Kier alpha value is 1.78. The van der Waals surface area contributed by atoms with Gasteiger partial charge < -0.3 is 14.3 Å². The van der Waals surface area contributed by atoms with Gasteiger partial charge in [0.25, 0.3) is 0 Å². The number of unbranched alkanes of at least 4 members (excludes halogenated alkanes) is 6. The van der Waals surface area contributed by atoms with Crippen molar-refractivity contribution in [3.8, 4) is 0 Å². The van der Waals surface area contributed by atoms with Crippen molar-refractivity contribution in [3.63, 3.8) is 0 Å². The Labute approximate surface area is 147 Å². The third kappa shape index (κ3) is 32.9. The van der Waals surface area contributed by atoms with E-state index in [0.717, 1.165) is 19.3 Å². The third-order valence-corrected chi connectivity index (χ3v) is 4.21. The van der Waals surface area contributed by atoms with E-state index in [9.17, 15) is 9.79 Å². The number of rotatable bonds is 10. The van der Waals surface area contributed by atoms with Crippen LogP contribution < -0.4 is 9.79 Å². The molecule has 0 aromatic rings. The van der Waals surface area contributed by atoms with Gasteiger partial charge in [0.1, 0.15) is 0 Å². The van der Waals surface area contributed by atoms with Crippen molar-refractivity contribution in [1.82, 2.24) is 0 Å². The molecular weight excluding hydrogens is 386 g/mol. The molecule has 107 valence electrons. The first-order valence-corrected chi connectivity index (χ1v) is 11.6. The molecule has 0 bridgehead atoms. The molecule has 0 fully saturated rings. The van der Waals surface area contributed by atoms with Crippen LogP contribution in [0, 0.1) is 0 Å². The maximum atomic E-state index is 10.4. The average Bonchev–Trinajstić information content (AvgIpc) is 2.28. The topological polar surface area (TPSA) is 55.3 Å². The first-order valence-electron chi connectivity index (χ1n) is 6.93. The minimum atomic E-state index is -3.89. The second kappa shape index (κ2) is 19.8. The Morgan fingerprint density at radius 1 is 0.947 bits per heavy atom. The van der Waals surface area contributed by atoms with E-state index in [1.54, 1.807) is 0 Å². The molecule has 0 rings (SSSR count). The average molecular weight is 412 g/mol. The zero-order chi connectivity index (χ0) is 14.3. The van der Waals surface area contributed by atoms with Crippen molar-refractivity contribution in [2.45, 2.75) is 70.2 Å². The van der Waals surface area contributed by atoms with Crippen molar-refractivity contribution in [2.24, 2.45) is 0 Å². The van der Waals surface area contributed by atoms with Gasteiger partial charge in [-0.25, -0.2) is 0 Å². The van der Waals surface area contributed by atoms with E-state index in [2.05, 4.69) is 30.2 Å². The smallest absolute Gasteiger partial charge is 2.00 e. The molecule has 0 unspecified atom stereocenters. The molecule has 0 saturated heterocycles. The van der Waals surface area contributed by atoms with Gasteiger partial charge in [0.2, 0.25) is 0 Å². The van der Waals surface area contributed by atoms with Crippen LogP contribution in [-0.4, -0.2) is 6.61 Å². The van der Waals surface area contributed by atoms with Gasteiger partial charge in [-0.15, -0.1) is 11.8 Å². The molecule has 0 aliphatic rings. The fourth-order valence-corrected chi connectivity index (χ4v) is 2.93. The summed E-state index contributed by atoms with van der Waals surface area (Å²) in [5.41, 5.74) is 0. The molecule has 0 atom stereocenters. The van der Waals surface area contributed by atoms with E-state index in [-0.39, 0.29) is 26.1 Å². The molecule has 0 radical (unpaired) electrons. The van der Waals surface area contributed by atoms with Gasteiger partial charge in [-0.3, -0.25) is 0 Å². The molecule has 0 saturated carbocycles. The summed E-state index contributed by atoms with van der Waals surface area (Å²) in [5, 5.41) is 1.47. The Morgan fingerprint density at radius 3 is 1.79 bits per heavy atom. The molecule has 0 spiro atoms. The zero-order valence-corrected chi connectivity index (χ0v) is 20.2. The summed E-state index contributed by atoms with van der Waals surface area (Å²) in [5.74, 6) is 0. The van der Waals surface area contributed by atoms with Crippen LogP contribution in [0.15, 0.2) is 0 Å². The fraction of sp³-hybridized carbons (Fsp3) is 1.00. The SMILES string of the molecule is CCCCCCCCOP([O-])([O-])=S.CCC[CH2][Zn].[Zn+2]. The van der Waals surface area contributed by atoms with E-state index in [1.165, 1.54) is 55.4 Å². The Bertz CT molecular complexity index is 201. The van der Waals surface area contributed by atoms with Gasteiger partial charge in [0.15, 0.2) is 0 Å². The summed E-state index contributed by atoms with van der Waals surface area (Å²) in [4.78, 5) is 20.8. The van der Waals surface area contributed by atoms with Crippen molar-refractivity contribution >= 4 is 18.5 Å². The molecule has 0 aliphatic heterocycles. The standard InChI is InChI=1S/C8H19O3PS.C4H9.2Zn/c1-2-3-4-5-6-7-8-11-12(9,10)13;1-3-4-2;;/h2-8H2,1H3,(H2,9,10,13);1,3-4H2,2H3;;/q;;;+2/p-2. The van der Waals surface area contributed by atoms with Crippen LogP contribution in [0.2, 0.25) is 5.02 Å². The van der Waals surface area contributed by atoms with Crippen LogP contribution in [0.25, 0.3) is 0 Å². The first kappa shape index (κ1) is 25.7. The number of hydrogen-bond donors (Lipinski definition) is 0. The predicted molar refractivity (Wildman–Crippen MR) is 73.3 cm³/mol. The van der Waals surface area contributed by atoms with Gasteiger partial charge in [0.05, 0.1) is 0 Å². The summed E-state index contributed by atoms with van der Waals surface area (Å²) >= 11 is 5.56. The molecule has 0 N–H and O–H groups in total. The summed E-state index contributed by atoms with van der Waals surface area (Å²) in [6.07, 6.45) is 9.47. The Kier molecular flexibility index (Phi) is 26.8. The second-order valence-corrected chi connectivity index (χ2v) is 8.23. The van der Waals surface area contributed by atoms with Gasteiger partial charge in [-0.2, -0.15) is 0 Å². The van der Waals surface area contributed by atoms with Crippen LogP contribution in [0.4, 0.5) is 0 Å². The Balaban J connectivity index is -0.000000366. The summed E-state index contributed by atoms with van der Waals surface area (Å²) in [6.45, 7) is 0.745. The molecule has 0 aliphatic carbocycles. The monoisotopic (exact) mass is 409 g/mol. The molecule has 0 aromatic carbocycles. The first-order chi connectivity index (χ1) is 8.47. The van der Waals surface area contributed by atoms with E-state index in [4.69, 9.17) is 0 Å². The molecule has 0 aromatic heterocycles. The minimum absolute atomic E-state index is 0. The summed E-state index contributed by atoms with van der Waals surface area (Å²) in [7, 11) is 0. The second-order valence-electron chi connectivity index (χ2n) is 4.26. The van der Waals surface area contributed by atoms with Gasteiger partial charge in [-0.1, -0.05) is 45.7 Å². The molecule has 0 heterocycles. The van der Waals surface area contributed by atoms with Crippen LogP contribution in [-0.2, 0) is 54.1 Å². The van der Waals surface area contributed by atoms with Crippen LogP contribution in [0.5, 0.6) is 0 Å². The third-order valence-electron chi connectivity index (χ3n) is 2.35. The molecular formula is C12H26O3PSZn2. The summed E-state index contributed by atoms with van der Waals surface area (Å²) < 4.78 is 4.45. The van der Waals surface area contributed by atoms with Crippen molar-refractivity contribution in [1.29, 1.82) is 0 Å². The van der Waals surface area contributed by atoms with Gasteiger partial charge >= 0.3 is 62.6 Å². The van der Waals surface area contributed by atoms with Crippen molar-refractivity contribution in [3.05, 3.63) is 0 Å². The molecule has 0 amide bonds. The van der Waals surface area contributed by atoms with Gasteiger partial charge in [-0.05, 0) is 6.42 Å². The van der Waals surface area contributed by atoms with Crippen LogP contribution >= 0.6 is 6.72 Å². The molecule has 7 heteroatoms. The van der Waals surface area contributed by atoms with E-state index < -0.39 is 6.72 Å². The van der Waals surface area contributed by atoms with E-state index >= 15 is 0 Å².